The van der Waals surface area contributed by atoms with Gasteiger partial charge in [0.1, 0.15) is 0 Å². The molecule has 1 aromatic rings. The van der Waals surface area contributed by atoms with Crippen molar-refractivity contribution in [3.05, 3.63) is 34.9 Å². The first kappa shape index (κ1) is 14.0. The highest BCUT2D eigenvalue weighted by Gasteiger charge is 2.31. The molecule has 0 saturated carbocycles. The second-order valence-electron chi connectivity index (χ2n) is 5.40. The fraction of sp³-hybridized carbons (Fsp3) is 0.533. The van der Waals surface area contributed by atoms with Crippen LogP contribution >= 0.6 is 0 Å². The van der Waals surface area contributed by atoms with E-state index in [4.69, 9.17) is 0 Å². The van der Waals surface area contributed by atoms with Crippen LogP contribution in [0.1, 0.15) is 16.7 Å². The average Bonchev–Trinajstić information content (AvgIpc) is 2.79. The molecule has 2 atom stereocenters. The molecule has 4 heteroatoms. The summed E-state index contributed by atoms with van der Waals surface area (Å²) in [5.74, 6) is 0.0569. The molecule has 4 nitrogen and oxygen atoms in total. The lowest BCUT2D eigenvalue weighted by atomic mass is 10.0. The molecule has 2 N–H and O–H groups in total. The van der Waals surface area contributed by atoms with Crippen molar-refractivity contribution in [3.63, 3.8) is 0 Å². The molecule has 19 heavy (non-hydrogen) atoms. The maximum atomic E-state index is 12.3. The highest BCUT2D eigenvalue weighted by molar-refractivity contribution is 5.79. The van der Waals surface area contributed by atoms with Gasteiger partial charge in [-0.2, -0.15) is 0 Å². The van der Waals surface area contributed by atoms with Gasteiger partial charge in [-0.3, -0.25) is 4.79 Å². The lowest BCUT2D eigenvalue weighted by molar-refractivity contribution is -0.132. The number of hydrogen-bond donors (Lipinski definition) is 2. The first-order chi connectivity index (χ1) is 8.99. The molecule has 0 unspecified atom stereocenters. The minimum absolute atomic E-state index is 0.0569. The molecule has 1 heterocycles. The first-order valence-electron chi connectivity index (χ1n) is 6.69. The van der Waals surface area contributed by atoms with Crippen LogP contribution < -0.4 is 5.32 Å². The van der Waals surface area contributed by atoms with Crippen molar-refractivity contribution in [1.82, 2.24) is 10.2 Å². The fourth-order valence-corrected chi connectivity index (χ4v) is 2.51. The van der Waals surface area contributed by atoms with Gasteiger partial charge in [0.15, 0.2) is 0 Å². The maximum absolute atomic E-state index is 12.3. The second kappa shape index (κ2) is 5.72. The summed E-state index contributed by atoms with van der Waals surface area (Å²) in [7, 11) is 1.77. The zero-order valence-electron chi connectivity index (χ0n) is 11.8. The van der Waals surface area contributed by atoms with E-state index in [0.717, 1.165) is 11.1 Å². The number of aryl methyl sites for hydroxylation is 2. The standard InChI is InChI=1S/C15H22N2O2/c1-10-4-5-11(2)12(6-10)7-15(19)17(3)13-8-16-9-14(13)18/h4-6,13-14,16,18H,7-9H2,1-3H3/t13-,14-/m1/s1. The second-order valence-corrected chi connectivity index (χ2v) is 5.40. The molecule has 104 valence electrons. The van der Waals surface area contributed by atoms with E-state index >= 15 is 0 Å². The Balaban J connectivity index is 2.06. The van der Waals surface area contributed by atoms with Crippen molar-refractivity contribution < 1.29 is 9.90 Å². The van der Waals surface area contributed by atoms with Crippen molar-refractivity contribution in [3.8, 4) is 0 Å². The Bertz CT molecular complexity index is 473. The van der Waals surface area contributed by atoms with Crippen molar-refractivity contribution in [2.75, 3.05) is 20.1 Å². The Morgan fingerprint density at radius 3 is 2.79 bits per heavy atom. The quantitative estimate of drug-likeness (QED) is 0.840. The molecule has 0 spiro atoms. The van der Waals surface area contributed by atoms with Gasteiger partial charge >= 0.3 is 0 Å². The number of carbonyl (C=O) groups excluding carboxylic acids is 1. The molecule has 2 rings (SSSR count). The number of aliphatic hydroxyl groups excluding tert-OH is 1. The first-order valence-corrected chi connectivity index (χ1v) is 6.69. The monoisotopic (exact) mass is 262 g/mol. The lowest BCUT2D eigenvalue weighted by Crippen LogP contribution is -2.44. The average molecular weight is 262 g/mol. The van der Waals surface area contributed by atoms with E-state index in [2.05, 4.69) is 17.4 Å². The number of nitrogens with zero attached hydrogens (tertiary/aromatic N) is 1. The summed E-state index contributed by atoms with van der Waals surface area (Å²) in [6.45, 7) is 5.28. The summed E-state index contributed by atoms with van der Waals surface area (Å²) in [4.78, 5) is 14.0. The van der Waals surface area contributed by atoms with E-state index < -0.39 is 6.10 Å². The van der Waals surface area contributed by atoms with Crippen molar-refractivity contribution in [2.24, 2.45) is 0 Å². The molecule has 1 amide bonds. The topological polar surface area (TPSA) is 52.6 Å². The predicted octanol–water partition coefficient (Wildman–Crippen LogP) is 0.637. The lowest BCUT2D eigenvalue weighted by Gasteiger charge is -2.26. The highest BCUT2D eigenvalue weighted by atomic mass is 16.3. The number of nitrogens with one attached hydrogen (secondary N) is 1. The van der Waals surface area contributed by atoms with Crippen LogP contribution in [0.25, 0.3) is 0 Å². The zero-order chi connectivity index (χ0) is 14.0. The Hall–Kier alpha value is -1.39. The van der Waals surface area contributed by atoms with Gasteiger partial charge in [-0.05, 0) is 25.0 Å². The third kappa shape index (κ3) is 3.14. The Labute approximate surface area is 114 Å². The van der Waals surface area contributed by atoms with Gasteiger partial charge < -0.3 is 15.3 Å². The number of rotatable bonds is 3. The third-order valence-corrected chi connectivity index (χ3v) is 3.89. The largest absolute Gasteiger partial charge is 0.390 e. The van der Waals surface area contributed by atoms with Crippen LogP contribution in [0, 0.1) is 13.8 Å². The summed E-state index contributed by atoms with van der Waals surface area (Å²) in [6.07, 6.45) is -0.0692. The van der Waals surface area contributed by atoms with Gasteiger partial charge in [-0.25, -0.2) is 0 Å². The van der Waals surface area contributed by atoms with Gasteiger partial charge in [-0.15, -0.1) is 0 Å². The number of amides is 1. The van der Waals surface area contributed by atoms with Crippen molar-refractivity contribution in [1.29, 1.82) is 0 Å². The van der Waals surface area contributed by atoms with Crippen LogP contribution in [0.15, 0.2) is 18.2 Å². The molecular formula is C15H22N2O2. The number of β-amino-alcohol motifs (C(OH)–C–C–N with tert-alkyl or cyclic N) is 1. The summed E-state index contributed by atoms with van der Waals surface area (Å²) in [5, 5.41) is 12.9. The van der Waals surface area contributed by atoms with E-state index in [0.29, 0.717) is 19.5 Å². The predicted molar refractivity (Wildman–Crippen MR) is 75.1 cm³/mol. The molecule has 1 fully saturated rings. The van der Waals surface area contributed by atoms with Crippen LogP contribution in [0.5, 0.6) is 0 Å². The number of carbonyl (C=O) groups is 1. The zero-order valence-corrected chi connectivity index (χ0v) is 11.8. The number of hydrogen-bond acceptors (Lipinski definition) is 3. The van der Waals surface area contributed by atoms with E-state index in [1.54, 1.807) is 11.9 Å². The molecule has 1 aromatic carbocycles. The fourth-order valence-electron chi connectivity index (χ4n) is 2.51. The summed E-state index contributed by atoms with van der Waals surface area (Å²) in [5.41, 5.74) is 3.37. The molecule has 0 aliphatic carbocycles. The molecule has 0 bridgehead atoms. The van der Waals surface area contributed by atoms with Crippen LogP contribution in [0.2, 0.25) is 0 Å². The van der Waals surface area contributed by atoms with Crippen molar-refractivity contribution in [2.45, 2.75) is 32.4 Å². The van der Waals surface area contributed by atoms with Gasteiger partial charge in [0, 0.05) is 20.1 Å². The van der Waals surface area contributed by atoms with Crippen LogP contribution in [0.3, 0.4) is 0 Å². The molecular weight excluding hydrogens is 240 g/mol. The summed E-state index contributed by atoms with van der Waals surface area (Å²) in [6, 6.07) is 6.05. The minimum Gasteiger partial charge on any atom is -0.390 e. The third-order valence-electron chi connectivity index (χ3n) is 3.89. The Morgan fingerprint density at radius 1 is 1.42 bits per heavy atom. The Kier molecular flexibility index (Phi) is 4.22. The summed E-state index contributed by atoms with van der Waals surface area (Å²) < 4.78 is 0. The summed E-state index contributed by atoms with van der Waals surface area (Å²) >= 11 is 0. The van der Waals surface area contributed by atoms with E-state index in [9.17, 15) is 9.90 Å². The van der Waals surface area contributed by atoms with Crippen LogP contribution in [-0.4, -0.2) is 48.2 Å². The molecule has 1 aliphatic heterocycles. The Morgan fingerprint density at radius 2 is 2.16 bits per heavy atom. The number of likely N-dealkylation sites (N-methyl/N-ethyl adjacent to an activating group) is 1. The maximum Gasteiger partial charge on any atom is 0.227 e. The van der Waals surface area contributed by atoms with E-state index in [1.807, 2.05) is 19.9 Å². The molecule has 1 saturated heterocycles. The SMILES string of the molecule is Cc1ccc(C)c(CC(=O)N(C)[C@@H]2CNC[C@H]2O)c1. The van der Waals surface area contributed by atoms with Crippen molar-refractivity contribution >= 4 is 5.91 Å². The van der Waals surface area contributed by atoms with E-state index in [-0.39, 0.29) is 11.9 Å². The van der Waals surface area contributed by atoms with Crippen LogP contribution in [0.4, 0.5) is 0 Å². The van der Waals surface area contributed by atoms with Gasteiger partial charge in [0.05, 0.1) is 18.6 Å². The van der Waals surface area contributed by atoms with Gasteiger partial charge in [-0.1, -0.05) is 23.8 Å². The number of benzene rings is 1. The van der Waals surface area contributed by atoms with Gasteiger partial charge in [0.2, 0.25) is 5.91 Å². The highest BCUT2D eigenvalue weighted by Crippen LogP contribution is 2.14. The minimum atomic E-state index is -0.465. The molecule has 0 radical (unpaired) electrons. The van der Waals surface area contributed by atoms with Crippen LogP contribution in [-0.2, 0) is 11.2 Å². The van der Waals surface area contributed by atoms with Gasteiger partial charge in [0.25, 0.3) is 0 Å². The molecule has 1 aliphatic rings. The van der Waals surface area contributed by atoms with E-state index in [1.165, 1.54) is 5.56 Å². The normalized spacial score (nSPS) is 22.5. The smallest absolute Gasteiger partial charge is 0.227 e. The number of aliphatic hydroxyl groups is 1. The molecule has 0 aromatic heterocycles.